The SMILES string of the molecule is COc1ccc(COc2cc(C)[n+]([O-])c(-c3ccccc3OC)c2)cc1. The molecule has 2 aromatic carbocycles. The minimum atomic E-state index is 0.400. The third kappa shape index (κ3) is 3.72. The van der Waals surface area contributed by atoms with Crippen molar-refractivity contribution >= 4 is 0 Å². The molecule has 0 bridgehead atoms. The minimum Gasteiger partial charge on any atom is -0.618 e. The van der Waals surface area contributed by atoms with Crippen molar-refractivity contribution in [1.29, 1.82) is 0 Å². The summed E-state index contributed by atoms with van der Waals surface area (Å²) < 4.78 is 17.3. The number of nitrogens with zero attached hydrogens (tertiary/aromatic N) is 1. The van der Waals surface area contributed by atoms with Crippen molar-refractivity contribution in [2.24, 2.45) is 0 Å². The van der Waals surface area contributed by atoms with Crippen molar-refractivity contribution < 1.29 is 18.9 Å². The fourth-order valence-corrected chi connectivity index (χ4v) is 2.70. The van der Waals surface area contributed by atoms with Crippen LogP contribution in [0, 0.1) is 12.1 Å². The number of aryl methyl sites for hydroxylation is 1. The standard InChI is InChI=1S/C21H21NO4/c1-15-12-18(26-14-16-8-10-17(24-2)11-9-16)13-20(22(15)23)19-6-4-5-7-21(19)25-3/h4-13H,14H2,1-3H3. The van der Waals surface area contributed by atoms with E-state index in [1.807, 2.05) is 48.5 Å². The number of rotatable bonds is 6. The molecule has 1 aromatic heterocycles. The van der Waals surface area contributed by atoms with Gasteiger partial charge in [-0.1, -0.05) is 24.3 Å². The molecule has 5 nitrogen and oxygen atoms in total. The van der Waals surface area contributed by atoms with Crippen molar-refractivity contribution in [2.45, 2.75) is 13.5 Å². The molecule has 0 amide bonds. The number of hydrogen-bond donors (Lipinski definition) is 0. The van der Waals surface area contributed by atoms with Gasteiger partial charge in [-0.25, -0.2) is 0 Å². The smallest absolute Gasteiger partial charge is 0.231 e. The molecule has 0 spiro atoms. The Hall–Kier alpha value is -3.21. The van der Waals surface area contributed by atoms with Gasteiger partial charge in [0, 0.05) is 13.0 Å². The van der Waals surface area contributed by atoms with E-state index in [2.05, 4.69) is 0 Å². The Labute approximate surface area is 153 Å². The van der Waals surface area contributed by atoms with E-state index in [9.17, 15) is 5.21 Å². The molecule has 0 aliphatic heterocycles. The zero-order valence-electron chi connectivity index (χ0n) is 15.1. The molecule has 0 aliphatic carbocycles. The van der Waals surface area contributed by atoms with E-state index >= 15 is 0 Å². The third-order valence-electron chi connectivity index (χ3n) is 4.12. The number of para-hydroxylation sites is 1. The van der Waals surface area contributed by atoms with E-state index in [1.165, 1.54) is 0 Å². The van der Waals surface area contributed by atoms with Gasteiger partial charge in [0.15, 0.2) is 5.69 Å². The first-order valence-electron chi connectivity index (χ1n) is 8.25. The summed E-state index contributed by atoms with van der Waals surface area (Å²) in [4.78, 5) is 0. The number of methoxy groups -OCH3 is 2. The molecule has 26 heavy (non-hydrogen) atoms. The normalized spacial score (nSPS) is 10.4. The van der Waals surface area contributed by atoms with Crippen LogP contribution >= 0.6 is 0 Å². The zero-order valence-corrected chi connectivity index (χ0v) is 15.1. The van der Waals surface area contributed by atoms with Crippen LogP contribution in [0.2, 0.25) is 0 Å². The van der Waals surface area contributed by atoms with E-state index in [0.29, 0.717) is 29.5 Å². The van der Waals surface area contributed by atoms with Crippen LogP contribution in [0.25, 0.3) is 11.3 Å². The third-order valence-corrected chi connectivity index (χ3v) is 4.12. The molecule has 0 atom stereocenters. The first-order chi connectivity index (χ1) is 12.6. The number of hydrogen-bond acceptors (Lipinski definition) is 4. The van der Waals surface area contributed by atoms with Crippen molar-refractivity contribution in [3.05, 3.63) is 77.1 Å². The summed E-state index contributed by atoms with van der Waals surface area (Å²) in [7, 11) is 3.22. The maximum atomic E-state index is 12.5. The highest BCUT2D eigenvalue weighted by molar-refractivity contribution is 5.66. The predicted octanol–water partition coefficient (Wildman–Crippen LogP) is 3.89. The van der Waals surface area contributed by atoms with Gasteiger partial charge in [0.2, 0.25) is 5.69 Å². The fourth-order valence-electron chi connectivity index (χ4n) is 2.70. The average Bonchev–Trinajstić information content (AvgIpc) is 2.69. The maximum Gasteiger partial charge on any atom is 0.231 e. The largest absolute Gasteiger partial charge is 0.618 e. The van der Waals surface area contributed by atoms with E-state index < -0.39 is 0 Å². The maximum absolute atomic E-state index is 12.5. The lowest BCUT2D eigenvalue weighted by Gasteiger charge is -2.13. The Morgan fingerprint density at radius 3 is 2.31 bits per heavy atom. The van der Waals surface area contributed by atoms with E-state index in [-0.39, 0.29) is 0 Å². The summed E-state index contributed by atoms with van der Waals surface area (Å²) in [5.74, 6) is 2.07. The number of ether oxygens (including phenoxy) is 3. The highest BCUT2D eigenvalue weighted by Crippen LogP contribution is 2.30. The van der Waals surface area contributed by atoms with Crippen molar-refractivity contribution in [3.8, 4) is 28.5 Å². The lowest BCUT2D eigenvalue weighted by atomic mass is 10.1. The van der Waals surface area contributed by atoms with Gasteiger partial charge in [-0.3, -0.25) is 0 Å². The van der Waals surface area contributed by atoms with Gasteiger partial charge >= 0.3 is 0 Å². The van der Waals surface area contributed by atoms with Crippen molar-refractivity contribution in [3.63, 3.8) is 0 Å². The molecule has 0 unspecified atom stereocenters. The molecule has 5 heteroatoms. The monoisotopic (exact) mass is 351 g/mol. The lowest BCUT2D eigenvalue weighted by Crippen LogP contribution is -2.32. The molecule has 3 rings (SSSR count). The first-order valence-corrected chi connectivity index (χ1v) is 8.25. The van der Waals surface area contributed by atoms with Gasteiger partial charge in [0.1, 0.15) is 23.9 Å². The Balaban J connectivity index is 1.88. The Morgan fingerprint density at radius 1 is 0.885 bits per heavy atom. The molecule has 0 radical (unpaired) electrons. The summed E-state index contributed by atoms with van der Waals surface area (Å²) in [5, 5.41) is 12.5. The van der Waals surface area contributed by atoms with Crippen LogP contribution in [0.1, 0.15) is 11.3 Å². The second-order valence-electron chi connectivity index (χ2n) is 5.85. The van der Waals surface area contributed by atoms with Crippen LogP contribution in [0.15, 0.2) is 60.7 Å². The van der Waals surface area contributed by atoms with Gasteiger partial charge in [-0.2, -0.15) is 4.73 Å². The summed E-state index contributed by atoms with van der Waals surface area (Å²) >= 11 is 0. The average molecular weight is 351 g/mol. The van der Waals surface area contributed by atoms with Crippen molar-refractivity contribution in [1.82, 2.24) is 0 Å². The molecule has 0 fully saturated rings. The molecule has 0 aliphatic rings. The number of pyridine rings is 1. The molecular formula is C21H21NO4. The van der Waals surface area contributed by atoms with Gasteiger partial charge in [-0.15, -0.1) is 0 Å². The highest BCUT2D eigenvalue weighted by Gasteiger charge is 2.18. The Morgan fingerprint density at radius 2 is 1.62 bits per heavy atom. The van der Waals surface area contributed by atoms with Gasteiger partial charge in [-0.05, 0) is 29.8 Å². The van der Waals surface area contributed by atoms with Gasteiger partial charge in [0.25, 0.3) is 0 Å². The Kier molecular flexibility index (Phi) is 5.27. The summed E-state index contributed by atoms with van der Waals surface area (Å²) in [6.45, 7) is 2.16. The van der Waals surface area contributed by atoms with Crippen LogP contribution in [-0.4, -0.2) is 14.2 Å². The first kappa shape index (κ1) is 17.6. The molecule has 0 N–H and O–H groups in total. The fraction of sp³-hybridized carbons (Fsp3) is 0.190. The van der Waals surface area contributed by atoms with E-state index in [1.54, 1.807) is 33.3 Å². The molecular weight excluding hydrogens is 330 g/mol. The number of benzene rings is 2. The molecule has 0 saturated heterocycles. The van der Waals surface area contributed by atoms with Gasteiger partial charge in [0.05, 0.1) is 25.8 Å². The van der Waals surface area contributed by atoms with Crippen LogP contribution < -0.4 is 18.9 Å². The van der Waals surface area contributed by atoms with Crippen LogP contribution in [-0.2, 0) is 6.61 Å². The summed E-state index contributed by atoms with van der Waals surface area (Å²) in [5.41, 5.74) is 2.79. The summed E-state index contributed by atoms with van der Waals surface area (Å²) in [6, 6.07) is 18.6. The Bertz CT molecular complexity index is 891. The second kappa shape index (κ2) is 7.78. The quantitative estimate of drug-likeness (QED) is 0.499. The second-order valence-corrected chi connectivity index (χ2v) is 5.85. The van der Waals surface area contributed by atoms with E-state index in [4.69, 9.17) is 14.2 Å². The summed E-state index contributed by atoms with van der Waals surface area (Å²) in [6.07, 6.45) is 0. The molecule has 1 heterocycles. The zero-order chi connectivity index (χ0) is 18.5. The lowest BCUT2D eigenvalue weighted by molar-refractivity contribution is -0.600. The topological polar surface area (TPSA) is 54.6 Å². The minimum absolute atomic E-state index is 0.400. The van der Waals surface area contributed by atoms with Crippen LogP contribution in [0.5, 0.6) is 17.2 Å². The van der Waals surface area contributed by atoms with Gasteiger partial charge < -0.3 is 19.4 Å². The molecule has 0 saturated carbocycles. The molecule has 3 aromatic rings. The van der Waals surface area contributed by atoms with Crippen molar-refractivity contribution in [2.75, 3.05) is 14.2 Å². The predicted molar refractivity (Wildman–Crippen MR) is 99.5 cm³/mol. The molecule has 134 valence electrons. The highest BCUT2D eigenvalue weighted by atomic mass is 16.5. The van der Waals surface area contributed by atoms with Crippen LogP contribution in [0.3, 0.4) is 0 Å². The van der Waals surface area contributed by atoms with Crippen LogP contribution in [0.4, 0.5) is 0 Å². The van der Waals surface area contributed by atoms with E-state index in [0.717, 1.165) is 21.6 Å². The number of aromatic nitrogens is 1.